The fourth-order valence-corrected chi connectivity index (χ4v) is 0.740. The molecule has 0 heterocycles. The van der Waals surface area contributed by atoms with E-state index in [1.807, 2.05) is 13.8 Å². The maximum absolute atomic E-state index is 11.0. The summed E-state index contributed by atoms with van der Waals surface area (Å²) in [5.41, 5.74) is 0. The molecule has 1 unspecified atom stereocenters. The fraction of sp³-hybridized carbons (Fsp3) is 0.889. The summed E-state index contributed by atoms with van der Waals surface area (Å²) in [6, 6.07) is 0. The Labute approximate surface area is 68.9 Å². The number of hydrogen-bond donors (Lipinski definition) is 0. The third kappa shape index (κ3) is 5.89. The van der Waals surface area contributed by atoms with E-state index < -0.39 is 0 Å². The predicted octanol–water partition coefficient (Wildman–Crippen LogP) is 2.37. The van der Waals surface area contributed by atoms with E-state index in [9.17, 15) is 4.79 Å². The first-order valence-electron chi connectivity index (χ1n) is 4.25. The molecule has 0 amide bonds. The molecule has 0 aromatic heterocycles. The van der Waals surface area contributed by atoms with Crippen molar-refractivity contribution in [3.05, 3.63) is 0 Å². The van der Waals surface area contributed by atoms with Crippen LogP contribution in [0.4, 0.5) is 0 Å². The van der Waals surface area contributed by atoms with Gasteiger partial charge < -0.3 is 4.74 Å². The molecule has 0 radical (unpaired) electrons. The van der Waals surface area contributed by atoms with Gasteiger partial charge in [-0.05, 0) is 19.8 Å². The molecule has 0 spiro atoms. The van der Waals surface area contributed by atoms with Crippen LogP contribution in [-0.2, 0) is 9.53 Å². The van der Waals surface area contributed by atoms with Gasteiger partial charge in [-0.25, -0.2) is 0 Å². The molecule has 1 atom stereocenters. The van der Waals surface area contributed by atoms with Gasteiger partial charge in [-0.15, -0.1) is 0 Å². The second-order valence-electron chi connectivity index (χ2n) is 3.26. The van der Waals surface area contributed by atoms with E-state index in [4.69, 9.17) is 4.74 Å². The van der Waals surface area contributed by atoms with Crippen LogP contribution in [0.3, 0.4) is 0 Å². The number of hydrogen-bond acceptors (Lipinski definition) is 2. The number of carbonyl (C=O) groups is 1. The zero-order valence-corrected chi connectivity index (χ0v) is 7.89. The van der Waals surface area contributed by atoms with Gasteiger partial charge >= 0.3 is 5.97 Å². The Morgan fingerprint density at radius 3 is 2.27 bits per heavy atom. The van der Waals surface area contributed by atoms with Crippen LogP contribution in [0.25, 0.3) is 0 Å². The van der Waals surface area contributed by atoms with Crippen LogP contribution in [0.5, 0.6) is 0 Å². The average Bonchev–Trinajstić information content (AvgIpc) is 1.85. The summed E-state index contributed by atoms with van der Waals surface area (Å²) in [6.45, 7) is 7.87. The lowest BCUT2D eigenvalue weighted by atomic mass is 10.1. The van der Waals surface area contributed by atoms with Gasteiger partial charge in [0, 0.05) is 6.42 Å². The molecule has 0 fully saturated rings. The lowest BCUT2D eigenvalue weighted by Gasteiger charge is -2.10. The fourth-order valence-electron chi connectivity index (χ4n) is 0.740. The Morgan fingerprint density at radius 1 is 1.36 bits per heavy atom. The molecule has 2 nitrogen and oxygen atoms in total. The van der Waals surface area contributed by atoms with Crippen molar-refractivity contribution in [3.63, 3.8) is 0 Å². The minimum absolute atomic E-state index is 0.0200. The van der Waals surface area contributed by atoms with Gasteiger partial charge in [0.15, 0.2) is 0 Å². The monoisotopic (exact) mass is 158 g/mol. The molecule has 0 aromatic carbocycles. The molecule has 0 bridgehead atoms. The van der Waals surface area contributed by atoms with E-state index in [1.54, 1.807) is 0 Å². The molecule has 66 valence electrons. The molecule has 0 aliphatic rings. The Balaban J connectivity index is 3.52. The first kappa shape index (κ1) is 10.5. The summed E-state index contributed by atoms with van der Waals surface area (Å²) in [5.74, 6) is 0.371. The molecule has 0 rings (SSSR count). The molecule has 0 aliphatic heterocycles. The molecule has 2 heteroatoms. The maximum atomic E-state index is 11.0. The lowest BCUT2D eigenvalue weighted by molar-refractivity contribution is -0.148. The van der Waals surface area contributed by atoms with Gasteiger partial charge in [-0.1, -0.05) is 20.3 Å². The molecule has 0 aliphatic carbocycles. The van der Waals surface area contributed by atoms with Crippen molar-refractivity contribution in [2.24, 2.45) is 5.92 Å². The Kier molecular flexibility index (Phi) is 4.92. The summed E-state index contributed by atoms with van der Waals surface area (Å²) < 4.78 is 4.98. The highest BCUT2D eigenvalue weighted by atomic mass is 16.5. The first-order chi connectivity index (χ1) is 5.06. The van der Waals surface area contributed by atoms with E-state index in [0.29, 0.717) is 12.3 Å². The van der Waals surface area contributed by atoms with Crippen molar-refractivity contribution >= 4 is 5.97 Å². The van der Waals surface area contributed by atoms with Gasteiger partial charge in [0.25, 0.3) is 0 Å². The van der Waals surface area contributed by atoms with Crippen LogP contribution in [0.15, 0.2) is 0 Å². The summed E-state index contributed by atoms with van der Waals surface area (Å²) in [4.78, 5) is 11.0. The van der Waals surface area contributed by atoms with E-state index in [1.165, 1.54) is 0 Å². The Morgan fingerprint density at radius 2 is 1.91 bits per heavy atom. The Hall–Kier alpha value is -0.530. The van der Waals surface area contributed by atoms with Crippen LogP contribution in [0.2, 0.25) is 0 Å². The number of carbonyl (C=O) groups excluding carboxylic acids is 1. The second kappa shape index (κ2) is 5.16. The van der Waals surface area contributed by atoms with Crippen molar-refractivity contribution < 1.29 is 9.53 Å². The quantitative estimate of drug-likeness (QED) is 0.587. The second-order valence-corrected chi connectivity index (χ2v) is 3.26. The van der Waals surface area contributed by atoms with Crippen LogP contribution in [0.1, 0.15) is 40.5 Å². The van der Waals surface area contributed by atoms with Crippen molar-refractivity contribution in [2.75, 3.05) is 0 Å². The van der Waals surface area contributed by atoms with E-state index in [0.717, 1.165) is 6.42 Å². The van der Waals surface area contributed by atoms with E-state index >= 15 is 0 Å². The maximum Gasteiger partial charge on any atom is 0.306 e. The zero-order chi connectivity index (χ0) is 8.85. The SMILES string of the molecule is CCC(C)CC(=O)OC(C)C. The highest BCUT2D eigenvalue weighted by Gasteiger charge is 2.09. The molecule has 0 N–H and O–H groups in total. The lowest BCUT2D eigenvalue weighted by Crippen LogP contribution is -2.13. The van der Waals surface area contributed by atoms with Gasteiger partial charge in [-0.2, -0.15) is 0 Å². The highest BCUT2D eigenvalue weighted by Crippen LogP contribution is 2.07. The van der Waals surface area contributed by atoms with Gasteiger partial charge in [-0.3, -0.25) is 4.79 Å². The first-order valence-corrected chi connectivity index (χ1v) is 4.25. The standard InChI is InChI=1S/C9H18O2/c1-5-8(4)6-9(10)11-7(2)3/h7-8H,5-6H2,1-4H3. The molecule has 0 saturated carbocycles. The summed E-state index contributed by atoms with van der Waals surface area (Å²) in [7, 11) is 0. The minimum Gasteiger partial charge on any atom is -0.463 e. The largest absolute Gasteiger partial charge is 0.463 e. The van der Waals surface area contributed by atoms with Gasteiger partial charge in [0.05, 0.1) is 6.10 Å². The van der Waals surface area contributed by atoms with Crippen LogP contribution in [-0.4, -0.2) is 12.1 Å². The van der Waals surface area contributed by atoms with Crippen molar-refractivity contribution in [2.45, 2.75) is 46.6 Å². The molecular weight excluding hydrogens is 140 g/mol. The smallest absolute Gasteiger partial charge is 0.306 e. The van der Waals surface area contributed by atoms with Crippen LogP contribution < -0.4 is 0 Å². The topological polar surface area (TPSA) is 26.3 Å². The highest BCUT2D eigenvalue weighted by molar-refractivity contribution is 5.69. The van der Waals surface area contributed by atoms with Gasteiger partial charge in [0.2, 0.25) is 0 Å². The van der Waals surface area contributed by atoms with Crippen molar-refractivity contribution in [1.29, 1.82) is 0 Å². The van der Waals surface area contributed by atoms with Crippen molar-refractivity contribution in [3.8, 4) is 0 Å². The molecule has 0 saturated heterocycles. The molecule has 11 heavy (non-hydrogen) atoms. The predicted molar refractivity (Wildman–Crippen MR) is 45.3 cm³/mol. The minimum atomic E-state index is -0.0747. The third-order valence-corrected chi connectivity index (χ3v) is 1.58. The average molecular weight is 158 g/mol. The van der Waals surface area contributed by atoms with Crippen LogP contribution in [0, 0.1) is 5.92 Å². The normalized spacial score (nSPS) is 13.2. The van der Waals surface area contributed by atoms with E-state index in [-0.39, 0.29) is 12.1 Å². The number of esters is 1. The van der Waals surface area contributed by atoms with E-state index in [2.05, 4.69) is 13.8 Å². The molecule has 0 aromatic rings. The zero-order valence-electron chi connectivity index (χ0n) is 7.89. The summed E-state index contributed by atoms with van der Waals surface area (Å²) in [5, 5.41) is 0. The summed E-state index contributed by atoms with van der Waals surface area (Å²) >= 11 is 0. The Bertz CT molecular complexity index is 119. The number of ether oxygens (including phenoxy) is 1. The van der Waals surface area contributed by atoms with Crippen molar-refractivity contribution in [1.82, 2.24) is 0 Å². The third-order valence-electron chi connectivity index (χ3n) is 1.58. The summed E-state index contributed by atoms with van der Waals surface area (Å²) in [6.07, 6.45) is 1.61. The molecular formula is C9H18O2. The van der Waals surface area contributed by atoms with Crippen LogP contribution >= 0.6 is 0 Å². The number of rotatable bonds is 4. The van der Waals surface area contributed by atoms with Gasteiger partial charge in [0.1, 0.15) is 0 Å².